The maximum atomic E-state index is 11.8. The quantitative estimate of drug-likeness (QED) is 0.804. The van der Waals surface area contributed by atoms with E-state index in [0.29, 0.717) is 5.56 Å². The molecule has 128 valence electrons. The highest BCUT2D eigenvalue weighted by molar-refractivity contribution is 5.90. The molecule has 0 N–H and O–H groups in total. The van der Waals surface area contributed by atoms with E-state index >= 15 is 0 Å². The summed E-state index contributed by atoms with van der Waals surface area (Å²) in [4.78, 5) is 14.3. The Morgan fingerprint density at radius 1 is 1.04 bits per heavy atom. The molecule has 5 rings (SSSR count). The minimum atomic E-state index is -0.299. The van der Waals surface area contributed by atoms with Crippen molar-refractivity contribution >= 4 is 5.97 Å². The van der Waals surface area contributed by atoms with Crippen LogP contribution in [0.5, 0.6) is 0 Å². The first-order chi connectivity index (χ1) is 12.2. The summed E-state index contributed by atoms with van der Waals surface area (Å²) in [7, 11) is 1.41. The Bertz CT molecular complexity index is 854. The molecule has 4 heteroatoms. The normalized spacial score (nSPS) is 23.6. The lowest BCUT2D eigenvalue weighted by atomic mass is 9.84. The van der Waals surface area contributed by atoms with Gasteiger partial charge in [0.25, 0.3) is 0 Å². The minimum absolute atomic E-state index is 0.000208. The van der Waals surface area contributed by atoms with Gasteiger partial charge in [0.1, 0.15) is 12.2 Å². The number of rotatable bonds is 3. The molecule has 1 fully saturated rings. The van der Waals surface area contributed by atoms with Crippen LogP contribution in [0.25, 0.3) is 0 Å². The van der Waals surface area contributed by atoms with E-state index in [0.717, 1.165) is 12.1 Å². The van der Waals surface area contributed by atoms with E-state index in [-0.39, 0.29) is 18.2 Å². The Balaban J connectivity index is 1.47. The van der Waals surface area contributed by atoms with Gasteiger partial charge in [-0.25, -0.2) is 4.79 Å². The molecule has 4 nitrogen and oxygen atoms in total. The zero-order valence-corrected chi connectivity index (χ0v) is 14.3. The first kappa shape index (κ1) is 15.1. The van der Waals surface area contributed by atoms with Gasteiger partial charge < -0.3 is 9.47 Å². The van der Waals surface area contributed by atoms with Crippen LogP contribution in [-0.2, 0) is 16.0 Å². The van der Waals surface area contributed by atoms with Crippen LogP contribution in [0.15, 0.2) is 36.4 Å². The van der Waals surface area contributed by atoms with E-state index in [1.165, 1.54) is 55.3 Å². The second-order valence-electron chi connectivity index (χ2n) is 7.18. The van der Waals surface area contributed by atoms with Gasteiger partial charge in [-0.3, -0.25) is 4.90 Å². The Hall–Kier alpha value is -2.17. The molecule has 3 aliphatic rings. The number of hydrogen-bond donors (Lipinski definition) is 0. The topological polar surface area (TPSA) is 38.8 Å². The number of fused-ring (bicyclic) bond motifs is 8. The molecular weight excluding hydrogens is 314 g/mol. The smallest absolute Gasteiger partial charge is 0.337 e. The number of nitrogens with zero attached hydrogens (tertiary/aromatic N) is 1. The van der Waals surface area contributed by atoms with Crippen LogP contribution in [0, 0.1) is 0 Å². The van der Waals surface area contributed by atoms with Crippen LogP contribution in [0.3, 0.4) is 0 Å². The van der Waals surface area contributed by atoms with Gasteiger partial charge in [0.05, 0.1) is 12.7 Å². The fourth-order valence-corrected chi connectivity index (χ4v) is 4.44. The van der Waals surface area contributed by atoms with Gasteiger partial charge in [-0.2, -0.15) is 0 Å². The number of methoxy groups -OCH3 is 1. The average molecular weight is 335 g/mol. The molecule has 2 bridgehead atoms. The third-order valence-corrected chi connectivity index (χ3v) is 5.67. The highest BCUT2D eigenvalue weighted by Crippen LogP contribution is 2.54. The monoisotopic (exact) mass is 335 g/mol. The number of hydrogen-bond acceptors (Lipinski definition) is 4. The highest BCUT2D eigenvalue weighted by atomic mass is 16.5. The maximum absolute atomic E-state index is 11.8. The van der Waals surface area contributed by atoms with E-state index in [1.807, 2.05) is 18.2 Å². The Labute approximate surface area is 147 Å². The molecule has 0 saturated carbocycles. The molecule has 2 atom stereocenters. The Morgan fingerprint density at radius 2 is 1.72 bits per heavy atom. The van der Waals surface area contributed by atoms with Crippen molar-refractivity contribution in [3.05, 3.63) is 69.8 Å². The summed E-state index contributed by atoms with van der Waals surface area (Å²) in [6, 6.07) is 12.5. The van der Waals surface area contributed by atoms with Crippen molar-refractivity contribution in [1.82, 2.24) is 4.90 Å². The molecule has 2 unspecified atom stereocenters. The second-order valence-corrected chi connectivity index (χ2v) is 7.18. The molecule has 1 saturated heterocycles. The Morgan fingerprint density at radius 3 is 2.44 bits per heavy atom. The number of esters is 1. The summed E-state index contributed by atoms with van der Waals surface area (Å²) < 4.78 is 11.1. The molecule has 3 aliphatic heterocycles. The lowest BCUT2D eigenvalue weighted by Gasteiger charge is -2.19. The lowest BCUT2D eigenvalue weighted by Crippen LogP contribution is -2.18. The summed E-state index contributed by atoms with van der Waals surface area (Å²) in [5.74, 6) is -0.299. The van der Waals surface area contributed by atoms with Gasteiger partial charge in [-0.15, -0.1) is 0 Å². The molecule has 2 aromatic carbocycles. The van der Waals surface area contributed by atoms with E-state index in [9.17, 15) is 4.79 Å². The third kappa shape index (κ3) is 2.32. The zero-order valence-electron chi connectivity index (χ0n) is 14.3. The number of benzene rings is 2. The number of likely N-dealkylation sites (tertiary alicyclic amines) is 1. The van der Waals surface area contributed by atoms with Crippen molar-refractivity contribution in [3.8, 4) is 0 Å². The first-order valence-electron chi connectivity index (χ1n) is 8.97. The van der Waals surface area contributed by atoms with Crippen LogP contribution in [0.4, 0.5) is 0 Å². The van der Waals surface area contributed by atoms with Gasteiger partial charge in [-0.1, -0.05) is 24.3 Å². The Kier molecular flexibility index (Phi) is 3.43. The third-order valence-electron chi connectivity index (χ3n) is 5.67. The van der Waals surface area contributed by atoms with E-state index in [2.05, 4.69) is 23.1 Å². The van der Waals surface area contributed by atoms with Gasteiger partial charge in [0.15, 0.2) is 0 Å². The van der Waals surface area contributed by atoms with Crippen molar-refractivity contribution < 1.29 is 14.3 Å². The van der Waals surface area contributed by atoms with Crippen molar-refractivity contribution in [2.24, 2.45) is 0 Å². The predicted octanol–water partition coefficient (Wildman–Crippen LogP) is 3.59. The van der Waals surface area contributed by atoms with Crippen molar-refractivity contribution in [2.45, 2.75) is 31.6 Å². The molecule has 0 spiro atoms. The van der Waals surface area contributed by atoms with Gasteiger partial charge in [0.2, 0.25) is 0 Å². The van der Waals surface area contributed by atoms with Crippen molar-refractivity contribution in [2.75, 3.05) is 20.2 Å². The standard InChI is InChI=1S/C21H21NO3/c1-24-21(23)14-5-7-16-18(11-14)20-15-6-4-13(10-17(15)19(16)25-20)12-22-8-2-3-9-22/h4-7,10-11,19-20H,2-3,8-9,12H2,1H3. The molecular formula is C21H21NO3. The number of ether oxygens (including phenoxy) is 2. The first-order valence-corrected chi connectivity index (χ1v) is 8.97. The average Bonchev–Trinajstić information content (AvgIpc) is 3.36. The molecule has 2 aromatic rings. The van der Waals surface area contributed by atoms with Crippen LogP contribution in [0.1, 0.15) is 63.2 Å². The summed E-state index contributed by atoms with van der Waals surface area (Å²) >= 11 is 0. The summed E-state index contributed by atoms with van der Waals surface area (Å²) in [6.45, 7) is 3.44. The number of carbonyl (C=O) groups is 1. The maximum Gasteiger partial charge on any atom is 0.337 e. The van der Waals surface area contributed by atoms with Crippen LogP contribution in [0.2, 0.25) is 0 Å². The lowest BCUT2D eigenvalue weighted by molar-refractivity contribution is 0.0600. The summed E-state index contributed by atoms with van der Waals surface area (Å²) in [5.41, 5.74) is 6.77. The van der Waals surface area contributed by atoms with Gasteiger partial charge in [0, 0.05) is 6.54 Å². The zero-order chi connectivity index (χ0) is 17.0. The molecule has 25 heavy (non-hydrogen) atoms. The summed E-state index contributed by atoms with van der Waals surface area (Å²) in [6.07, 6.45) is 2.57. The van der Waals surface area contributed by atoms with Crippen molar-refractivity contribution in [3.63, 3.8) is 0 Å². The van der Waals surface area contributed by atoms with Crippen LogP contribution in [-0.4, -0.2) is 31.1 Å². The van der Waals surface area contributed by atoms with Gasteiger partial charge in [-0.05, 0) is 65.9 Å². The molecule has 0 amide bonds. The van der Waals surface area contributed by atoms with E-state index in [1.54, 1.807) is 0 Å². The second kappa shape index (κ2) is 5.68. The van der Waals surface area contributed by atoms with E-state index in [4.69, 9.17) is 9.47 Å². The largest absolute Gasteiger partial charge is 0.465 e. The molecule has 0 aromatic heterocycles. The van der Waals surface area contributed by atoms with Gasteiger partial charge >= 0.3 is 5.97 Å². The fourth-order valence-electron chi connectivity index (χ4n) is 4.44. The van der Waals surface area contributed by atoms with Crippen LogP contribution < -0.4 is 0 Å². The minimum Gasteiger partial charge on any atom is -0.465 e. The fraction of sp³-hybridized carbons (Fsp3) is 0.381. The van der Waals surface area contributed by atoms with E-state index < -0.39 is 0 Å². The molecule has 0 aliphatic carbocycles. The molecule has 3 heterocycles. The highest BCUT2D eigenvalue weighted by Gasteiger charge is 2.43. The number of carbonyl (C=O) groups excluding carboxylic acids is 1. The predicted molar refractivity (Wildman–Crippen MR) is 93.5 cm³/mol. The van der Waals surface area contributed by atoms with Crippen LogP contribution >= 0.6 is 0 Å². The molecule has 0 radical (unpaired) electrons. The summed E-state index contributed by atoms with van der Waals surface area (Å²) in [5, 5.41) is 0. The SMILES string of the molecule is COC(=O)c1ccc2c(c1)C1OC2c2cc(CN3CCCC3)ccc21. The van der Waals surface area contributed by atoms with Crippen molar-refractivity contribution in [1.29, 1.82) is 0 Å².